The summed E-state index contributed by atoms with van der Waals surface area (Å²) in [6.45, 7) is 0. The molecule has 0 spiro atoms. The summed E-state index contributed by atoms with van der Waals surface area (Å²) in [4.78, 5) is 12.0. The Morgan fingerprint density at radius 1 is 1.20 bits per heavy atom. The number of rotatable bonds is 2. The number of amides is 1. The summed E-state index contributed by atoms with van der Waals surface area (Å²) >= 11 is 6.38. The summed E-state index contributed by atoms with van der Waals surface area (Å²) in [5, 5.41) is 11.4. The van der Waals surface area contributed by atoms with Gasteiger partial charge < -0.3 is 5.32 Å². The first-order valence-electron chi connectivity index (χ1n) is 5.47. The molecule has 1 N–H and O–H groups in total. The summed E-state index contributed by atoms with van der Waals surface area (Å²) in [7, 11) is 0. The molecule has 0 saturated carbocycles. The largest absolute Gasteiger partial charge is 0.321 e. The Hall–Kier alpha value is -1.71. The van der Waals surface area contributed by atoms with Crippen LogP contribution in [0.2, 0.25) is 0 Å². The summed E-state index contributed by atoms with van der Waals surface area (Å²) in [6, 6.07) is 10.9. The Morgan fingerprint density at radius 2 is 1.95 bits per heavy atom. The lowest BCUT2D eigenvalue weighted by Gasteiger charge is -2.08. The number of carbonyl (C=O) groups is 1. The van der Waals surface area contributed by atoms with Crippen molar-refractivity contribution in [2.24, 2.45) is 0 Å². The molecule has 0 aliphatic carbocycles. The number of nitrogens with zero attached hydrogens (tertiary/aromatic N) is 1. The molecule has 6 heteroatoms. The van der Waals surface area contributed by atoms with Crippen molar-refractivity contribution in [3.63, 3.8) is 0 Å². The molecule has 1 amide bonds. The average molecular weight is 398 g/mol. The smallest absolute Gasteiger partial charge is 0.258 e. The highest BCUT2D eigenvalue weighted by Crippen LogP contribution is 2.24. The quantitative estimate of drug-likeness (QED) is 0.812. The van der Waals surface area contributed by atoms with E-state index in [-0.39, 0.29) is 5.56 Å². The van der Waals surface area contributed by atoms with Gasteiger partial charge in [-0.05, 0) is 52.3 Å². The summed E-state index contributed by atoms with van der Waals surface area (Å²) in [5.41, 5.74) is 0.880. The van der Waals surface area contributed by atoms with Gasteiger partial charge in [-0.25, -0.2) is 4.39 Å². The van der Waals surface area contributed by atoms with Crippen LogP contribution in [0.15, 0.2) is 45.3 Å². The number of halogens is 3. The van der Waals surface area contributed by atoms with Crippen LogP contribution >= 0.6 is 31.9 Å². The van der Waals surface area contributed by atoms with Gasteiger partial charge in [0.1, 0.15) is 5.82 Å². The molecule has 0 fully saturated rings. The molecule has 0 atom stereocenters. The van der Waals surface area contributed by atoms with Gasteiger partial charge in [-0.1, -0.05) is 15.9 Å². The fourth-order valence-corrected chi connectivity index (χ4v) is 2.36. The third-order valence-corrected chi connectivity index (χ3v) is 3.67. The molecule has 0 saturated heterocycles. The van der Waals surface area contributed by atoms with E-state index in [0.717, 1.165) is 0 Å². The molecule has 2 aromatic rings. The van der Waals surface area contributed by atoms with Crippen molar-refractivity contribution in [3.8, 4) is 6.07 Å². The van der Waals surface area contributed by atoms with Crippen molar-refractivity contribution in [1.82, 2.24) is 0 Å². The molecular formula is C14H7Br2FN2O. The van der Waals surface area contributed by atoms with Gasteiger partial charge in [-0.15, -0.1) is 0 Å². The summed E-state index contributed by atoms with van der Waals surface area (Å²) in [5.74, 6) is -1.16. The molecule has 0 aliphatic rings. The van der Waals surface area contributed by atoms with Crippen molar-refractivity contribution in [2.45, 2.75) is 0 Å². The topological polar surface area (TPSA) is 52.9 Å². The second-order valence-electron chi connectivity index (χ2n) is 3.88. The van der Waals surface area contributed by atoms with Crippen LogP contribution in [0.5, 0.6) is 0 Å². The fraction of sp³-hybridized carbons (Fsp3) is 0. The van der Waals surface area contributed by atoms with Crippen LogP contribution in [0.25, 0.3) is 0 Å². The van der Waals surface area contributed by atoms with Crippen LogP contribution in [0, 0.1) is 17.1 Å². The van der Waals surface area contributed by atoms with Gasteiger partial charge in [0.25, 0.3) is 5.91 Å². The van der Waals surface area contributed by atoms with Crippen LogP contribution in [-0.4, -0.2) is 5.91 Å². The normalized spacial score (nSPS) is 9.90. The molecule has 2 aromatic carbocycles. The standard InChI is InChI=1S/C14H7Br2FN2O/c15-9-2-3-10(12(17)6-9)14(20)19-13-4-1-8(7-18)5-11(13)16/h1-6H,(H,19,20). The van der Waals surface area contributed by atoms with Crippen molar-refractivity contribution in [3.05, 3.63) is 62.3 Å². The maximum absolute atomic E-state index is 13.7. The van der Waals surface area contributed by atoms with E-state index < -0.39 is 11.7 Å². The van der Waals surface area contributed by atoms with Crippen LogP contribution in [0.4, 0.5) is 10.1 Å². The SMILES string of the molecule is N#Cc1ccc(NC(=O)c2ccc(Br)cc2F)c(Br)c1. The van der Waals surface area contributed by atoms with Gasteiger partial charge in [0.05, 0.1) is 22.9 Å². The number of hydrogen-bond donors (Lipinski definition) is 1. The van der Waals surface area contributed by atoms with E-state index in [2.05, 4.69) is 37.2 Å². The Balaban J connectivity index is 2.26. The lowest BCUT2D eigenvalue weighted by Crippen LogP contribution is -2.14. The Labute approximate surface area is 131 Å². The Bertz CT molecular complexity index is 726. The van der Waals surface area contributed by atoms with Gasteiger partial charge in [-0.3, -0.25) is 4.79 Å². The van der Waals surface area contributed by atoms with Crippen LogP contribution < -0.4 is 5.32 Å². The third kappa shape index (κ3) is 3.24. The highest BCUT2D eigenvalue weighted by molar-refractivity contribution is 9.10. The van der Waals surface area contributed by atoms with E-state index in [4.69, 9.17) is 5.26 Å². The van der Waals surface area contributed by atoms with Gasteiger partial charge in [0.15, 0.2) is 0 Å². The van der Waals surface area contributed by atoms with E-state index in [0.29, 0.717) is 20.2 Å². The fourth-order valence-electron chi connectivity index (χ4n) is 1.55. The second kappa shape index (κ2) is 6.16. The van der Waals surface area contributed by atoms with E-state index in [1.165, 1.54) is 12.1 Å². The van der Waals surface area contributed by atoms with Crippen molar-refractivity contribution >= 4 is 43.5 Å². The van der Waals surface area contributed by atoms with Crippen LogP contribution in [0.3, 0.4) is 0 Å². The number of nitriles is 1. The molecule has 0 unspecified atom stereocenters. The van der Waals surface area contributed by atoms with Crippen molar-refractivity contribution in [2.75, 3.05) is 5.32 Å². The molecule has 0 bridgehead atoms. The number of nitrogens with one attached hydrogen (secondary N) is 1. The molecular weight excluding hydrogens is 391 g/mol. The first kappa shape index (κ1) is 14.7. The number of hydrogen-bond acceptors (Lipinski definition) is 2. The molecule has 2 rings (SSSR count). The maximum atomic E-state index is 13.7. The number of benzene rings is 2. The zero-order valence-electron chi connectivity index (χ0n) is 9.95. The monoisotopic (exact) mass is 396 g/mol. The Morgan fingerprint density at radius 3 is 2.55 bits per heavy atom. The Kier molecular flexibility index (Phi) is 4.53. The average Bonchev–Trinajstić information content (AvgIpc) is 2.40. The first-order valence-corrected chi connectivity index (χ1v) is 7.06. The second-order valence-corrected chi connectivity index (χ2v) is 5.65. The first-order chi connectivity index (χ1) is 9.51. The highest BCUT2D eigenvalue weighted by Gasteiger charge is 2.13. The predicted octanol–water partition coefficient (Wildman–Crippen LogP) is 4.47. The molecule has 0 aromatic heterocycles. The zero-order chi connectivity index (χ0) is 14.7. The lowest BCUT2D eigenvalue weighted by molar-refractivity contribution is 0.102. The van der Waals surface area contributed by atoms with E-state index in [1.54, 1.807) is 24.3 Å². The van der Waals surface area contributed by atoms with Crippen LogP contribution in [0.1, 0.15) is 15.9 Å². The van der Waals surface area contributed by atoms with Crippen molar-refractivity contribution < 1.29 is 9.18 Å². The zero-order valence-corrected chi connectivity index (χ0v) is 13.1. The van der Waals surface area contributed by atoms with Gasteiger partial charge in [0.2, 0.25) is 0 Å². The molecule has 100 valence electrons. The summed E-state index contributed by atoms with van der Waals surface area (Å²) < 4.78 is 14.8. The molecule has 0 aliphatic heterocycles. The maximum Gasteiger partial charge on any atom is 0.258 e. The van der Waals surface area contributed by atoms with E-state index >= 15 is 0 Å². The minimum atomic E-state index is -0.610. The van der Waals surface area contributed by atoms with E-state index in [9.17, 15) is 9.18 Å². The molecule has 20 heavy (non-hydrogen) atoms. The number of carbonyl (C=O) groups excluding carboxylic acids is 1. The molecule has 0 radical (unpaired) electrons. The van der Waals surface area contributed by atoms with Crippen LogP contribution in [-0.2, 0) is 0 Å². The third-order valence-electron chi connectivity index (χ3n) is 2.52. The van der Waals surface area contributed by atoms with Crippen molar-refractivity contribution in [1.29, 1.82) is 5.26 Å². The molecule has 3 nitrogen and oxygen atoms in total. The van der Waals surface area contributed by atoms with Gasteiger partial charge in [0, 0.05) is 8.95 Å². The highest BCUT2D eigenvalue weighted by atomic mass is 79.9. The minimum absolute atomic E-state index is 0.0514. The number of anilines is 1. The predicted molar refractivity (Wildman–Crippen MR) is 80.9 cm³/mol. The molecule has 0 heterocycles. The lowest BCUT2D eigenvalue weighted by atomic mass is 10.2. The van der Waals surface area contributed by atoms with Gasteiger partial charge in [-0.2, -0.15) is 5.26 Å². The summed E-state index contributed by atoms with van der Waals surface area (Å²) in [6.07, 6.45) is 0. The minimum Gasteiger partial charge on any atom is -0.321 e. The van der Waals surface area contributed by atoms with E-state index in [1.807, 2.05) is 6.07 Å². The van der Waals surface area contributed by atoms with Gasteiger partial charge >= 0.3 is 0 Å².